The van der Waals surface area contributed by atoms with Crippen molar-refractivity contribution < 1.29 is 4.74 Å². The van der Waals surface area contributed by atoms with Crippen LogP contribution in [0.15, 0.2) is 5.38 Å². The molecule has 1 atom stereocenters. The molecule has 0 radical (unpaired) electrons. The number of piperidine rings is 1. The molecule has 2 aliphatic heterocycles. The minimum atomic E-state index is 0.474. The average molecular weight is 350 g/mol. The van der Waals surface area contributed by atoms with Crippen LogP contribution in [0.4, 0.5) is 0 Å². The van der Waals surface area contributed by atoms with Crippen LogP contribution in [0.1, 0.15) is 42.8 Å². The fourth-order valence-electron chi connectivity index (χ4n) is 5.06. The Labute approximate surface area is 150 Å². The summed E-state index contributed by atoms with van der Waals surface area (Å²) in [6, 6.07) is 0.902. The Morgan fingerprint density at radius 2 is 2.12 bits per heavy atom. The molecular weight excluding hydrogens is 318 g/mol. The van der Waals surface area contributed by atoms with E-state index >= 15 is 0 Å². The molecule has 3 heterocycles. The monoisotopic (exact) mass is 349 g/mol. The van der Waals surface area contributed by atoms with Gasteiger partial charge in [0, 0.05) is 44.1 Å². The lowest BCUT2D eigenvalue weighted by Gasteiger charge is -2.47. The number of aryl methyl sites for hydroxylation is 1. The Hall–Kier alpha value is -0.490. The van der Waals surface area contributed by atoms with E-state index in [-0.39, 0.29) is 0 Å². The molecule has 4 rings (SSSR count). The van der Waals surface area contributed by atoms with Gasteiger partial charge in [-0.25, -0.2) is 4.98 Å². The van der Waals surface area contributed by atoms with Crippen molar-refractivity contribution in [2.24, 2.45) is 11.3 Å². The van der Waals surface area contributed by atoms with Gasteiger partial charge in [-0.2, -0.15) is 0 Å². The van der Waals surface area contributed by atoms with Gasteiger partial charge in [0.1, 0.15) is 0 Å². The predicted octanol–water partition coefficient (Wildman–Crippen LogP) is 3.16. The van der Waals surface area contributed by atoms with Gasteiger partial charge in [0.2, 0.25) is 0 Å². The molecule has 4 nitrogen and oxygen atoms in total. The zero-order chi connectivity index (χ0) is 16.6. The van der Waals surface area contributed by atoms with Gasteiger partial charge < -0.3 is 9.64 Å². The zero-order valence-corrected chi connectivity index (χ0v) is 16.0. The van der Waals surface area contributed by atoms with Gasteiger partial charge in [0.25, 0.3) is 0 Å². The molecule has 0 N–H and O–H groups in total. The number of thiazole rings is 1. The third-order valence-corrected chi connectivity index (χ3v) is 7.51. The summed E-state index contributed by atoms with van der Waals surface area (Å²) in [7, 11) is 1.86. The lowest BCUT2D eigenvalue weighted by molar-refractivity contribution is 0.00817. The van der Waals surface area contributed by atoms with Crippen LogP contribution in [0.25, 0.3) is 0 Å². The summed E-state index contributed by atoms with van der Waals surface area (Å²) < 4.78 is 5.61. The van der Waals surface area contributed by atoms with Crippen molar-refractivity contribution in [1.29, 1.82) is 0 Å². The van der Waals surface area contributed by atoms with Crippen LogP contribution in [0.2, 0.25) is 0 Å². The molecule has 1 aliphatic carbocycles. The summed E-state index contributed by atoms with van der Waals surface area (Å²) in [4.78, 5) is 10.1. The van der Waals surface area contributed by atoms with Crippen molar-refractivity contribution >= 4 is 11.3 Å². The third kappa shape index (κ3) is 3.28. The maximum atomic E-state index is 5.61. The molecule has 1 saturated carbocycles. The van der Waals surface area contributed by atoms with Crippen molar-refractivity contribution in [3.63, 3.8) is 0 Å². The second-order valence-electron chi connectivity index (χ2n) is 8.16. The van der Waals surface area contributed by atoms with Gasteiger partial charge in [-0.05, 0) is 51.1 Å². The molecule has 0 unspecified atom stereocenters. The Kier molecular flexibility index (Phi) is 4.96. The topological polar surface area (TPSA) is 28.6 Å². The summed E-state index contributed by atoms with van der Waals surface area (Å²) >= 11 is 1.77. The summed E-state index contributed by atoms with van der Waals surface area (Å²) in [5, 5.41) is 3.41. The Morgan fingerprint density at radius 3 is 2.71 bits per heavy atom. The number of methoxy groups -OCH3 is 1. The molecule has 0 amide bonds. The Balaban J connectivity index is 1.41. The SMILES string of the molecule is COC[C@@H]1CN(Cc2csc(C)n2)CC12CCN(C1CCC1)CC2. The Bertz CT molecular complexity index is 549. The summed E-state index contributed by atoms with van der Waals surface area (Å²) in [5.41, 5.74) is 1.72. The molecular formula is C19H31N3OS. The number of aromatic nitrogens is 1. The van der Waals surface area contributed by atoms with Gasteiger partial charge in [0.15, 0.2) is 0 Å². The molecule has 3 aliphatic rings. The first-order valence-electron chi connectivity index (χ1n) is 9.55. The van der Waals surface area contributed by atoms with Gasteiger partial charge in [0.05, 0.1) is 17.3 Å². The van der Waals surface area contributed by atoms with Crippen molar-refractivity contribution in [1.82, 2.24) is 14.8 Å². The van der Waals surface area contributed by atoms with E-state index in [2.05, 4.69) is 27.1 Å². The summed E-state index contributed by atoms with van der Waals surface area (Å²) in [6.45, 7) is 9.03. The van der Waals surface area contributed by atoms with E-state index in [9.17, 15) is 0 Å². The standard InChI is InChI=1S/C19H31N3OS/c1-15-20-17(13-24-15)11-21-10-16(12-23-2)19(14-21)6-8-22(9-7-19)18-4-3-5-18/h13,16,18H,3-12,14H2,1-2H3/t16-/m0/s1. The van der Waals surface area contributed by atoms with Crippen molar-refractivity contribution in [3.8, 4) is 0 Å². The molecule has 24 heavy (non-hydrogen) atoms. The van der Waals surface area contributed by atoms with Crippen molar-refractivity contribution in [3.05, 3.63) is 16.1 Å². The Morgan fingerprint density at radius 1 is 1.33 bits per heavy atom. The lowest BCUT2D eigenvalue weighted by Crippen LogP contribution is -2.50. The van der Waals surface area contributed by atoms with Crippen molar-refractivity contribution in [2.45, 2.75) is 51.6 Å². The molecule has 2 saturated heterocycles. The molecule has 1 aromatic heterocycles. The van der Waals surface area contributed by atoms with E-state index in [0.29, 0.717) is 11.3 Å². The number of likely N-dealkylation sites (tertiary alicyclic amines) is 2. The second-order valence-corrected chi connectivity index (χ2v) is 9.23. The van der Waals surface area contributed by atoms with Crippen LogP contribution in [0, 0.1) is 18.3 Å². The summed E-state index contributed by atoms with van der Waals surface area (Å²) in [6.07, 6.45) is 7.02. The van der Waals surface area contributed by atoms with Gasteiger partial charge >= 0.3 is 0 Å². The van der Waals surface area contributed by atoms with Crippen molar-refractivity contribution in [2.75, 3.05) is 39.9 Å². The predicted molar refractivity (Wildman–Crippen MR) is 98.4 cm³/mol. The average Bonchev–Trinajstić information content (AvgIpc) is 3.05. The maximum absolute atomic E-state index is 5.61. The molecule has 5 heteroatoms. The highest BCUT2D eigenvalue weighted by Crippen LogP contribution is 2.46. The first kappa shape index (κ1) is 17.0. The zero-order valence-electron chi connectivity index (χ0n) is 15.2. The van der Waals surface area contributed by atoms with Gasteiger partial charge in [-0.15, -0.1) is 11.3 Å². The van der Waals surface area contributed by atoms with Crippen LogP contribution in [0.5, 0.6) is 0 Å². The lowest BCUT2D eigenvalue weighted by atomic mass is 9.70. The molecule has 1 spiro atoms. The van der Waals surface area contributed by atoms with Crippen LogP contribution in [0.3, 0.4) is 0 Å². The van der Waals surface area contributed by atoms with Crippen LogP contribution in [-0.2, 0) is 11.3 Å². The highest BCUT2D eigenvalue weighted by Gasteiger charge is 2.48. The number of hydrogen-bond donors (Lipinski definition) is 0. The highest BCUT2D eigenvalue weighted by atomic mass is 32.1. The molecule has 0 bridgehead atoms. The quantitative estimate of drug-likeness (QED) is 0.816. The van der Waals surface area contributed by atoms with Crippen LogP contribution in [-0.4, -0.2) is 60.7 Å². The minimum absolute atomic E-state index is 0.474. The number of hydrogen-bond acceptors (Lipinski definition) is 5. The molecule has 0 aromatic carbocycles. The third-order valence-electron chi connectivity index (χ3n) is 6.69. The highest BCUT2D eigenvalue weighted by molar-refractivity contribution is 7.09. The normalized spacial score (nSPS) is 28.5. The fourth-order valence-corrected chi connectivity index (χ4v) is 5.66. The molecule has 134 valence electrons. The van der Waals surface area contributed by atoms with Gasteiger partial charge in [-0.1, -0.05) is 6.42 Å². The largest absolute Gasteiger partial charge is 0.384 e. The smallest absolute Gasteiger partial charge is 0.0897 e. The summed E-state index contributed by atoms with van der Waals surface area (Å²) in [5.74, 6) is 0.686. The second kappa shape index (κ2) is 7.02. The maximum Gasteiger partial charge on any atom is 0.0897 e. The van der Waals surface area contributed by atoms with E-state index in [4.69, 9.17) is 4.74 Å². The van der Waals surface area contributed by atoms with E-state index in [0.717, 1.165) is 19.2 Å². The van der Waals surface area contributed by atoms with E-state index < -0.39 is 0 Å². The number of ether oxygens (including phenoxy) is 1. The molecule has 3 fully saturated rings. The van der Waals surface area contributed by atoms with Crippen LogP contribution >= 0.6 is 11.3 Å². The van der Waals surface area contributed by atoms with E-state index in [1.807, 2.05) is 7.11 Å². The van der Waals surface area contributed by atoms with E-state index in [1.54, 1.807) is 11.3 Å². The number of rotatable bonds is 5. The first-order chi connectivity index (χ1) is 11.7. The number of nitrogens with zero attached hydrogens (tertiary/aromatic N) is 3. The van der Waals surface area contributed by atoms with Crippen LogP contribution < -0.4 is 0 Å². The first-order valence-corrected chi connectivity index (χ1v) is 10.4. The minimum Gasteiger partial charge on any atom is -0.384 e. The molecule has 1 aromatic rings. The fraction of sp³-hybridized carbons (Fsp3) is 0.842. The van der Waals surface area contributed by atoms with Gasteiger partial charge in [-0.3, -0.25) is 4.90 Å². The van der Waals surface area contributed by atoms with E-state index in [1.165, 1.54) is 69.0 Å².